The Balaban J connectivity index is 1.18. The first-order chi connectivity index (χ1) is 12.6. The second-order valence-electron chi connectivity index (χ2n) is 9.87. The van der Waals surface area contributed by atoms with E-state index in [0.29, 0.717) is 11.5 Å². The van der Waals surface area contributed by atoms with Gasteiger partial charge in [0.05, 0.1) is 11.8 Å². The summed E-state index contributed by atoms with van der Waals surface area (Å²) in [7, 11) is 0. The van der Waals surface area contributed by atoms with Gasteiger partial charge in [0.2, 0.25) is 0 Å². The first kappa shape index (κ1) is 18.5. The molecule has 5 rings (SSSR count). The van der Waals surface area contributed by atoms with Gasteiger partial charge in [-0.3, -0.25) is 4.68 Å². The lowest BCUT2D eigenvalue weighted by Crippen LogP contribution is -2.46. The van der Waals surface area contributed by atoms with Crippen molar-refractivity contribution in [3.63, 3.8) is 0 Å². The molecule has 4 aliphatic rings. The Morgan fingerprint density at radius 2 is 1.77 bits per heavy atom. The van der Waals surface area contributed by atoms with E-state index in [1.807, 2.05) is 0 Å². The SMILES string of the molecule is CC(C)OCCCCCn1cc(CCC23CC4CC(CC(C4)C2)C3)nn1. The Hall–Kier alpha value is -0.900. The van der Waals surface area contributed by atoms with Crippen LogP contribution in [0.1, 0.15) is 83.7 Å². The fourth-order valence-electron chi connectivity index (χ4n) is 6.42. The van der Waals surface area contributed by atoms with Gasteiger partial charge in [-0.25, -0.2) is 0 Å². The van der Waals surface area contributed by atoms with Crippen molar-refractivity contribution in [3.8, 4) is 0 Å². The Morgan fingerprint density at radius 3 is 2.42 bits per heavy atom. The third-order valence-corrected chi connectivity index (χ3v) is 7.15. The molecule has 4 aliphatic carbocycles. The zero-order valence-corrected chi connectivity index (χ0v) is 16.8. The molecule has 1 heterocycles. The van der Waals surface area contributed by atoms with Gasteiger partial charge in [-0.15, -0.1) is 5.10 Å². The van der Waals surface area contributed by atoms with Crippen molar-refractivity contribution >= 4 is 0 Å². The van der Waals surface area contributed by atoms with Gasteiger partial charge in [0, 0.05) is 19.3 Å². The van der Waals surface area contributed by atoms with E-state index < -0.39 is 0 Å². The van der Waals surface area contributed by atoms with Crippen molar-refractivity contribution in [1.82, 2.24) is 15.0 Å². The van der Waals surface area contributed by atoms with Gasteiger partial charge in [-0.1, -0.05) is 5.21 Å². The van der Waals surface area contributed by atoms with Crippen molar-refractivity contribution < 1.29 is 4.74 Å². The molecule has 0 saturated heterocycles. The highest BCUT2D eigenvalue weighted by molar-refractivity contribution is 5.03. The molecule has 4 bridgehead atoms. The molecule has 1 aromatic heterocycles. The zero-order valence-electron chi connectivity index (χ0n) is 16.8. The van der Waals surface area contributed by atoms with E-state index in [9.17, 15) is 0 Å². The lowest BCUT2D eigenvalue weighted by Gasteiger charge is -2.57. The summed E-state index contributed by atoms with van der Waals surface area (Å²) in [4.78, 5) is 0. The van der Waals surface area contributed by atoms with E-state index in [0.717, 1.165) is 43.7 Å². The third-order valence-electron chi connectivity index (χ3n) is 7.15. The predicted molar refractivity (Wildman–Crippen MR) is 104 cm³/mol. The summed E-state index contributed by atoms with van der Waals surface area (Å²) in [6.45, 7) is 6.07. The highest BCUT2D eigenvalue weighted by Gasteiger charge is 2.50. The summed E-state index contributed by atoms with van der Waals surface area (Å²) in [6.07, 6.45) is 17.7. The quantitative estimate of drug-likeness (QED) is 0.551. The minimum atomic E-state index is 0.349. The van der Waals surface area contributed by atoms with Gasteiger partial charge >= 0.3 is 0 Å². The van der Waals surface area contributed by atoms with Crippen LogP contribution in [0.15, 0.2) is 6.20 Å². The maximum Gasteiger partial charge on any atom is 0.0827 e. The molecule has 0 amide bonds. The summed E-state index contributed by atoms with van der Waals surface area (Å²) in [5.41, 5.74) is 1.87. The Kier molecular flexibility index (Phi) is 5.68. The second-order valence-corrected chi connectivity index (χ2v) is 9.87. The average molecular weight is 360 g/mol. The van der Waals surface area contributed by atoms with Gasteiger partial charge in [-0.05, 0) is 108 Å². The van der Waals surface area contributed by atoms with Crippen molar-refractivity contribution in [2.24, 2.45) is 23.2 Å². The molecule has 4 heteroatoms. The number of nitrogens with zero attached hydrogens (tertiary/aromatic N) is 3. The molecule has 0 atom stereocenters. The van der Waals surface area contributed by atoms with E-state index in [1.54, 1.807) is 0 Å². The fourth-order valence-corrected chi connectivity index (χ4v) is 6.42. The minimum Gasteiger partial charge on any atom is -0.379 e. The number of hydrogen-bond donors (Lipinski definition) is 0. The highest BCUT2D eigenvalue weighted by atomic mass is 16.5. The standard InChI is InChI=1S/C22H37N3O/c1-17(2)26-9-5-3-4-8-25-16-21(23-24-25)6-7-22-13-18-10-19(14-22)12-20(11-18)15-22/h16-20H,3-15H2,1-2H3. The van der Waals surface area contributed by atoms with Crippen LogP contribution < -0.4 is 0 Å². The first-order valence-electron chi connectivity index (χ1n) is 11.1. The Morgan fingerprint density at radius 1 is 1.08 bits per heavy atom. The Bertz CT molecular complexity index is 544. The lowest BCUT2D eigenvalue weighted by atomic mass is 9.48. The van der Waals surface area contributed by atoms with Crippen molar-refractivity contribution in [1.29, 1.82) is 0 Å². The second kappa shape index (κ2) is 8.00. The molecule has 4 fully saturated rings. The minimum absolute atomic E-state index is 0.349. The molecular weight excluding hydrogens is 322 g/mol. The number of rotatable bonds is 10. The molecule has 4 nitrogen and oxygen atoms in total. The van der Waals surface area contributed by atoms with Gasteiger partial charge in [0.1, 0.15) is 0 Å². The summed E-state index contributed by atoms with van der Waals surface area (Å²) < 4.78 is 7.65. The van der Waals surface area contributed by atoms with Gasteiger partial charge < -0.3 is 4.74 Å². The average Bonchev–Trinajstić information content (AvgIpc) is 3.03. The number of ether oxygens (including phenoxy) is 1. The number of unbranched alkanes of at least 4 members (excludes halogenated alkanes) is 2. The smallest absolute Gasteiger partial charge is 0.0827 e. The van der Waals surface area contributed by atoms with Crippen molar-refractivity contribution in [3.05, 3.63) is 11.9 Å². The molecule has 0 radical (unpaired) electrons. The summed E-state index contributed by atoms with van der Waals surface area (Å²) in [5, 5.41) is 8.82. The normalized spacial score (nSPS) is 32.7. The third kappa shape index (κ3) is 4.49. The van der Waals surface area contributed by atoms with E-state index in [4.69, 9.17) is 4.74 Å². The van der Waals surface area contributed by atoms with Gasteiger partial charge in [0.15, 0.2) is 0 Å². The highest BCUT2D eigenvalue weighted by Crippen LogP contribution is 2.61. The first-order valence-corrected chi connectivity index (χ1v) is 11.1. The van der Waals surface area contributed by atoms with Crippen LogP contribution in [0.5, 0.6) is 0 Å². The van der Waals surface area contributed by atoms with Crippen LogP contribution in [0.4, 0.5) is 0 Å². The number of hydrogen-bond acceptors (Lipinski definition) is 3. The molecule has 26 heavy (non-hydrogen) atoms. The maximum atomic E-state index is 5.60. The fraction of sp³-hybridized carbons (Fsp3) is 0.909. The van der Waals surface area contributed by atoms with Crippen molar-refractivity contribution in [2.75, 3.05) is 6.61 Å². The summed E-state index contributed by atoms with van der Waals surface area (Å²) in [5.74, 6) is 3.16. The molecule has 0 aliphatic heterocycles. The summed E-state index contributed by atoms with van der Waals surface area (Å²) >= 11 is 0. The van der Waals surface area contributed by atoms with E-state index >= 15 is 0 Å². The molecule has 0 spiro atoms. The number of aromatic nitrogens is 3. The van der Waals surface area contributed by atoms with E-state index in [1.165, 1.54) is 63.5 Å². The molecule has 0 unspecified atom stereocenters. The van der Waals surface area contributed by atoms with Crippen molar-refractivity contribution in [2.45, 2.75) is 97.1 Å². The van der Waals surface area contributed by atoms with Gasteiger partial charge in [0.25, 0.3) is 0 Å². The molecule has 0 aromatic carbocycles. The van der Waals surface area contributed by atoms with E-state index in [-0.39, 0.29) is 0 Å². The monoisotopic (exact) mass is 359 g/mol. The lowest BCUT2D eigenvalue weighted by molar-refractivity contribution is -0.0570. The van der Waals surface area contributed by atoms with Gasteiger partial charge in [-0.2, -0.15) is 0 Å². The number of aryl methyl sites for hydroxylation is 2. The van der Waals surface area contributed by atoms with Crippen LogP contribution in [0.3, 0.4) is 0 Å². The van der Waals surface area contributed by atoms with Crippen LogP contribution in [-0.2, 0) is 17.7 Å². The van der Waals surface area contributed by atoms with Crippen LogP contribution >= 0.6 is 0 Å². The molecule has 1 aromatic rings. The van der Waals surface area contributed by atoms with Crippen LogP contribution in [-0.4, -0.2) is 27.7 Å². The molecule has 0 N–H and O–H groups in total. The van der Waals surface area contributed by atoms with Crippen LogP contribution in [0, 0.1) is 23.2 Å². The maximum absolute atomic E-state index is 5.60. The topological polar surface area (TPSA) is 39.9 Å². The van der Waals surface area contributed by atoms with Crippen LogP contribution in [0.25, 0.3) is 0 Å². The van der Waals surface area contributed by atoms with Crippen LogP contribution in [0.2, 0.25) is 0 Å². The molecule has 146 valence electrons. The predicted octanol–water partition coefficient (Wildman–Crippen LogP) is 5.02. The Labute approximate surface area is 159 Å². The zero-order chi connectivity index (χ0) is 18.0. The largest absolute Gasteiger partial charge is 0.379 e. The van der Waals surface area contributed by atoms with E-state index in [2.05, 4.69) is 35.0 Å². The summed E-state index contributed by atoms with van der Waals surface area (Å²) in [6, 6.07) is 0. The molecule has 4 saturated carbocycles. The molecular formula is C22H37N3O.